The summed E-state index contributed by atoms with van der Waals surface area (Å²) in [4.78, 5) is 11.2. The molecule has 0 spiro atoms. The molecule has 0 saturated carbocycles. The predicted octanol–water partition coefficient (Wildman–Crippen LogP) is 2.26. The van der Waals surface area contributed by atoms with E-state index in [1.807, 2.05) is 26.0 Å². The smallest absolute Gasteiger partial charge is 0.220 e. The van der Waals surface area contributed by atoms with Crippen LogP contribution in [0.2, 0.25) is 0 Å². The van der Waals surface area contributed by atoms with Crippen molar-refractivity contribution in [1.82, 2.24) is 5.32 Å². The number of nitrogens with one attached hydrogen (secondary N) is 1. The van der Waals surface area contributed by atoms with Gasteiger partial charge in [-0.25, -0.2) is 0 Å². The highest BCUT2D eigenvalue weighted by Crippen LogP contribution is 2.12. The molecule has 3 heteroatoms. The minimum atomic E-state index is -0.0333. The highest BCUT2D eigenvalue weighted by atomic mass is 16.3. The third kappa shape index (κ3) is 2.93. The van der Waals surface area contributed by atoms with Crippen molar-refractivity contribution in [3.8, 4) is 0 Å². The zero-order valence-corrected chi connectivity index (χ0v) is 8.04. The van der Waals surface area contributed by atoms with E-state index in [-0.39, 0.29) is 11.9 Å². The van der Waals surface area contributed by atoms with Gasteiger partial charge in [0.05, 0.1) is 12.3 Å². The molecule has 1 aromatic rings. The second-order valence-electron chi connectivity index (χ2n) is 3.05. The van der Waals surface area contributed by atoms with Crippen LogP contribution in [0.4, 0.5) is 0 Å². The first kappa shape index (κ1) is 9.84. The first-order chi connectivity index (χ1) is 6.24. The summed E-state index contributed by atoms with van der Waals surface area (Å²) in [6.45, 7) is 3.89. The third-order valence-electron chi connectivity index (χ3n) is 1.82. The van der Waals surface area contributed by atoms with Crippen LogP contribution in [-0.4, -0.2) is 5.91 Å². The minimum absolute atomic E-state index is 0.0333. The zero-order chi connectivity index (χ0) is 9.68. The van der Waals surface area contributed by atoms with E-state index in [0.29, 0.717) is 6.42 Å². The lowest BCUT2D eigenvalue weighted by Gasteiger charge is -2.10. The van der Waals surface area contributed by atoms with E-state index in [2.05, 4.69) is 5.32 Å². The Morgan fingerprint density at radius 3 is 3.00 bits per heavy atom. The second kappa shape index (κ2) is 4.70. The number of amides is 1. The molecule has 3 nitrogen and oxygen atoms in total. The summed E-state index contributed by atoms with van der Waals surface area (Å²) in [6, 6.07) is 3.64. The Kier molecular flexibility index (Phi) is 3.55. The zero-order valence-electron chi connectivity index (χ0n) is 8.04. The van der Waals surface area contributed by atoms with Gasteiger partial charge in [-0.1, -0.05) is 6.92 Å². The molecule has 0 aliphatic rings. The summed E-state index contributed by atoms with van der Waals surface area (Å²) < 4.78 is 5.16. The summed E-state index contributed by atoms with van der Waals surface area (Å²) in [5, 5.41) is 2.85. The van der Waals surface area contributed by atoms with Gasteiger partial charge in [-0.05, 0) is 25.5 Å². The van der Waals surface area contributed by atoms with Crippen LogP contribution in [0.15, 0.2) is 22.8 Å². The van der Waals surface area contributed by atoms with Gasteiger partial charge >= 0.3 is 0 Å². The van der Waals surface area contributed by atoms with E-state index in [1.165, 1.54) is 0 Å². The topological polar surface area (TPSA) is 42.2 Å². The molecule has 0 bridgehead atoms. The minimum Gasteiger partial charge on any atom is -0.467 e. The SMILES string of the molecule is CCCC(=O)N[C@@H](C)c1ccco1. The quantitative estimate of drug-likeness (QED) is 0.774. The molecule has 1 rings (SSSR count). The van der Waals surface area contributed by atoms with Gasteiger partial charge in [0.1, 0.15) is 5.76 Å². The Hall–Kier alpha value is -1.25. The molecule has 1 heterocycles. The van der Waals surface area contributed by atoms with Crippen LogP contribution in [0, 0.1) is 0 Å². The number of carbonyl (C=O) groups is 1. The van der Waals surface area contributed by atoms with E-state index in [1.54, 1.807) is 6.26 Å². The van der Waals surface area contributed by atoms with Crippen LogP contribution in [-0.2, 0) is 4.79 Å². The fourth-order valence-corrected chi connectivity index (χ4v) is 1.15. The van der Waals surface area contributed by atoms with Crippen LogP contribution in [0.3, 0.4) is 0 Å². The van der Waals surface area contributed by atoms with E-state index < -0.39 is 0 Å². The highest BCUT2D eigenvalue weighted by Gasteiger charge is 2.10. The Balaban J connectivity index is 2.42. The molecule has 1 aromatic heterocycles. The maximum atomic E-state index is 11.2. The fourth-order valence-electron chi connectivity index (χ4n) is 1.15. The van der Waals surface area contributed by atoms with Gasteiger partial charge in [-0.2, -0.15) is 0 Å². The van der Waals surface area contributed by atoms with Crippen molar-refractivity contribution < 1.29 is 9.21 Å². The average molecular weight is 181 g/mol. The van der Waals surface area contributed by atoms with Crippen molar-refractivity contribution in [2.75, 3.05) is 0 Å². The second-order valence-corrected chi connectivity index (χ2v) is 3.05. The normalized spacial score (nSPS) is 12.5. The molecular weight excluding hydrogens is 166 g/mol. The summed E-state index contributed by atoms with van der Waals surface area (Å²) in [7, 11) is 0. The fraction of sp³-hybridized carbons (Fsp3) is 0.500. The molecule has 1 amide bonds. The molecular formula is C10H15NO2. The van der Waals surface area contributed by atoms with Crippen molar-refractivity contribution in [3.63, 3.8) is 0 Å². The molecule has 0 fully saturated rings. The van der Waals surface area contributed by atoms with E-state index in [0.717, 1.165) is 12.2 Å². The highest BCUT2D eigenvalue weighted by molar-refractivity contribution is 5.76. The molecule has 0 aromatic carbocycles. The molecule has 0 aliphatic heterocycles. The first-order valence-electron chi connectivity index (χ1n) is 4.56. The van der Waals surface area contributed by atoms with Gasteiger partial charge in [0.25, 0.3) is 0 Å². The predicted molar refractivity (Wildman–Crippen MR) is 50.2 cm³/mol. The van der Waals surface area contributed by atoms with E-state index in [9.17, 15) is 4.79 Å². The number of carbonyl (C=O) groups excluding carboxylic acids is 1. The van der Waals surface area contributed by atoms with Gasteiger partial charge < -0.3 is 9.73 Å². The van der Waals surface area contributed by atoms with Crippen LogP contribution in [0.5, 0.6) is 0 Å². The monoisotopic (exact) mass is 181 g/mol. The lowest BCUT2D eigenvalue weighted by atomic mass is 10.2. The van der Waals surface area contributed by atoms with Crippen LogP contribution < -0.4 is 5.32 Å². The van der Waals surface area contributed by atoms with Gasteiger partial charge in [-0.3, -0.25) is 4.79 Å². The molecule has 0 radical (unpaired) electrons. The Morgan fingerprint density at radius 1 is 1.69 bits per heavy atom. The van der Waals surface area contributed by atoms with Gasteiger partial charge in [0.2, 0.25) is 5.91 Å². The summed E-state index contributed by atoms with van der Waals surface area (Å²) in [5.41, 5.74) is 0. The van der Waals surface area contributed by atoms with E-state index >= 15 is 0 Å². The van der Waals surface area contributed by atoms with Crippen molar-refractivity contribution >= 4 is 5.91 Å². The molecule has 0 saturated heterocycles. The maximum Gasteiger partial charge on any atom is 0.220 e. The molecule has 1 N–H and O–H groups in total. The average Bonchev–Trinajstić information content (AvgIpc) is 2.55. The molecule has 13 heavy (non-hydrogen) atoms. The Morgan fingerprint density at radius 2 is 2.46 bits per heavy atom. The third-order valence-corrected chi connectivity index (χ3v) is 1.82. The Labute approximate surface area is 78.1 Å². The lowest BCUT2D eigenvalue weighted by Crippen LogP contribution is -2.25. The van der Waals surface area contributed by atoms with Crippen molar-refractivity contribution in [1.29, 1.82) is 0 Å². The number of hydrogen-bond donors (Lipinski definition) is 1. The summed E-state index contributed by atoms with van der Waals surface area (Å²) >= 11 is 0. The van der Waals surface area contributed by atoms with Gasteiger partial charge in [0, 0.05) is 6.42 Å². The van der Waals surface area contributed by atoms with Gasteiger partial charge in [-0.15, -0.1) is 0 Å². The van der Waals surface area contributed by atoms with Gasteiger partial charge in [0.15, 0.2) is 0 Å². The lowest BCUT2D eigenvalue weighted by molar-refractivity contribution is -0.121. The first-order valence-corrected chi connectivity index (χ1v) is 4.56. The molecule has 1 atom stereocenters. The molecule has 72 valence electrons. The number of furan rings is 1. The molecule has 0 unspecified atom stereocenters. The standard InChI is InChI=1S/C10H15NO2/c1-3-5-10(12)11-8(2)9-6-4-7-13-9/h4,6-8H,3,5H2,1-2H3,(H,11,12)/t8-/m0/s1. The van der Waals surface area contributed by atoms with Crippen LogP contribution in [0.25, 0.3) is 0 Å². The maximum absolute atomic E-state index is 11.2. The van der Waals surface area contributed by atoms with Crippen LogP contribution in [0.1, 0.15) is 38.5 Å². The van der Waals surface area contributed by atoms with Crippen molar-refractivity contribution in [2.24, 2.45) is 0 Å². The van der Waals surface area contributed by atoms with Crippen molar-refractivity contribution in [3.05, 3.63) is 24.2 Å². The number of hydrogen-bond acceptors (Lipinski definition) is 2. The summed E-state index contributed by atoms with van der Waals surface area (Å²) in [5.74, 6) is 0.871. The largest absolute Gasteiger partial charge is 0.467 e. The van der Waals surface area contributed by atoms with Crippen molar-refractivity contribution in [2.45, 2.75) is 32.7 Å². The van der Waals surface area contributed by atoms with E-state index in [4.69, 9.17) is 4.42 Å². The Bertz CT molecular complexity index is 254. The summed E-state index contributed by atoms with van der Waals surface area (Å²) in [6.07, 6.45) is 3.06. The number of rotatable bonds is 4. The molecule has 0 aliphatic carbocycles. The van der Waals surface area contributed by atoms with Crippen LogP contribution >= 0.6 is 0 Å².